The molecule has 1 aromatic heterocycles. The number of hydrogen-bond acceptors (Lipinski definition) is 3. The third-order valence-electron chi connectivity index (χ3n) is 2.64. The number of carbonyl (C=O) groups excluding carboxylic acids is 1. The smallest absolute Gasteiger partial charge is 0.226 e. The highest BCUT2D eigenvalue weighted by molar-refractivity contribution is 7.80. The van der Waals surface area contributed by atoms with Gasteiger partial charge < -0.3 is 10.6 Å². The molecule has 2 aromatic rings. The fourth-order valence-electron chi connectivity index (χ4n) is 1.68. The number of carbonyl (C=O) groups is 1. The topological polar surface area (TPSA) is 54.0 Å². The predicted octanol–water partition coefficient (Wildman–Crippen LogP) is 2.53. The summed E-state index contributed by atoms with van der Waals surface area (Å²) in [5, 5.41) is 5.76. The maximum Gasteiger partial charge on any atom is 0.226 e. The van der Waals surface area contributed by atoms with E-state index < -0.39 is 0 Å². The minimum atomic E-state index is -0.109. The van der Waals surface area contributed by atoms with E-state index >= 15 is 0 Å². The molecule has 0 atom stereocenters. The Labute approximate surface area is 123 Å². The highest BCUT2D eigenvalue weighted by atomic mass is 32.1. The zero-order valence-electron chi connectivity index (χ0n) is 10.9. The van der Waals surface area contributed by atoms with Gasteiger partial charge in [0.15, 0.2) is 5.11 Å². The first kappa shape index (κ1) is 14.1. The predicted molar refractivity (Wildman–Crippen MR) is 83.4 cm³/mol. The van der Waals surface area contributed by atoms with Crippen molar-refractivity contribution in [1.29, 1.82) is 0 Å². The summed E-state index contributed by atoms with van der Waals surface area (Å²) in [6.07, 6.45) is 2.75. The lowest BCUT2D eigenvalue weighted by Gasteiger charge is -2.08. The van der Waals surface area contributed by atoms with Gasteiger partial charge in [0.25, 0.3) is 0 Å². The minimum Gasteiger partial charge on any atom is -0.317 e. The van der Waals surface area contributed by atoms with Gasteiger partial charge in [0, 0.05) is 12.6 Å². The van der Waals surface area contributed by atoms with Gasteiger partial charge in [-0.2, -0.15) is 0 Å². The monoisotopic (exact) mass is 285 g/mol. The minimum absolute atomic E-state index is 0.109. The maximum absolute atomic E-state index is 11.8. The van der Waals surface area contributed by atoms with Crippen LogP contribution in [0.15, 0.2) is 54.7 Å². The molecule has 4 nitrogen and oxygen atoms in total. The van der Waals surface area contributed by atoms with Crippen LogP contribution in [0.1, 0.15) is 12.0 Å². The molecule has 1 heterocycles. The average molecular weight is 285 g/mol. The largest absolute Gasteiger partial charge is 0.317 e. The van der Waals surface area contributed by atoms with Crippen LogP contribution >= 0.6 is 12.2 Å². The van der Waals surface area contributed by atoms with Crippen LogP contribution in [0.3, 0.4) is 0 Å². The Balaban J connectivity index is 1.75. The molecule has 0 saturated heterocycles. The summed E-state index contributed by atoms with van der Waals surface area (Å²) in [4.78, 5) is 15.8. The molecule has 1 aromatic carbocycles. The lowest BCUT2D eigenvalue weighted by atomic mass is 10.1. The van der Waals surface area contributed by atoms with E-state index in [1.807, 2.05) is 42.5 Å². The number of rotatable bonds is 4. The van der Waals surface area contributed by atoms with Crippen LogP contribution in [0, 0.1) is 0 Å². The van der Waals surface area contributed by atoms with Crippen molar-refractivity contribution < 1.29 is 4.79 Å². The van der Waals surface area contributed by atoms with Crippen molar-refractivity contribution in [2.24, 2.45) is 0 Å². The van der Waals surface area contributed by atoms with E-state index in [9.17, 15) is 4.79 Å². The van der Waals surface area contributed by atoms with E-state index in [0.717, 1.165) is 5.56 Å². The van der Waals surface area contributed by atoms with Gasteiger partial charge in [-0.1, -0.05) is 36.4 Å². The molecular formula is C15H15N3OS. The Morgan fingerprint density at radius 3 is 2.55 bits per heavy atom. The number of thiocarbonyl (C=S) groups is 1. The molecule has 0 fully saturated rings. The maximum atomic E-state index is 11.8. The van der Waals surface area contributed by atoms with Crippen LogP contribution in [-0.2, 0) is 11.2 Å². The van der Waals surface area contributed by atoms with Gasteiger partial charge in [0.05, 0.1) is 0 Å². The lowest BCUT2D eigenvalue weighted by Crippen LogP contribution is -2.34. The summed E-state index contributed by atoms with van der Waals surface area (Å²) in [6.45, 7) is 0. The quantitative estimate of drug-likeness (QED) is 0.848. The SMILES string of the molecule is O=C(CCc1ccccc1)NC(=S)Nc1ccccn1. The normalized spacial score (nSPS) is 9.80. The van der Waals surface area contributed by atoms with Crippen molar-refractivity contribution in [1.82, 2.24) is 10.3 Å². The van der Waals surface area contributed by atoms with Crippen LogP contribution in [0.25, 0.3) is 0 Å². The molecule has 0 spiro atoms. The van der Waals surface area contributed by atoms with Crippen LogP contribution in [0.4, 0.5) is 5.82 Å². The van der Waals surface area contributed by atoms with E-state index in [0.29, 0.717) is 18.7 Å². The number of benzene rings is 1. The first-order valence-electron chi connectivity index (χ1n) is 6.30. The molecule has 2 rings (SSSR count). The van der Waals surface area contributed by atoms with E-state index in [-0.39, 0.29) is 11.0 Å². The van der Waals surface area contributed by atoms with Crippen molar-refractivity contribution in [3.63, 3.8) is 0 Å². The van der Waals surface area contributed by atoms with Crippen molar-refractivity contribution >= 4 is 29.1 Å². The Morgan fingerprint density at radius 2 is 1.85 bits per heavy atom. The summed E-state index contributed by atoms with van der Waals surface area (Å²) in [5.74, 6) is 0.503. The molecule has 5 heteroatoms. The molecule has 2 N–H and O–H groups in total. The lowest BCUT2D eigenvalue weighted by molar-refractivity contribution is -0.119. The highest BCUT2D eigenvalue weighted by Gasteiger charge is 2.05. The van der Waals surface area contributed by atoms with Crippen molar-refractivity contribution in [3.8, 4) is 0 Å². The molecule has 0 aliphatic heterocycles. The Kier molecular flexibility index (Phi) is 5.20. The second-order valence-electron chi connectivity index (χ2n) is 4.20. The van der Waals surface area contributed by atoms with Gasteiger partial charge in [0.2, 0.25) is 5.91 Å². The van der Waals surface area contributed by atoms with E-state index in [1.165, 1.54) is 0 Å². The van der Waals surface area contributed by atoms with Crippen molar-refractivity contribution in [3.05, 3.63) is 60.3 Å². The van der Waals surface area contributed by atoms with E-state index in [2.05, 4.69) is 15.6 Å². The fraction of sp³-hybridized carbons (Fsp3) is 0.133. The summed E-state index contributed by atoms with van der Waals surface area (Å²) in [5.41, 5.74) is 1.13. The molecule has 0 unspecified atom stereocenters. The van der Waals surface area contributed by atoms with Crippen LogP contribution in [0.5, 0.6) is 0 Å². The van der Waals surface area contributed by atoms with Gasteiger partial charge in [-0.15, -0.1) is 0 Å². The zero-order valence-corrected chi connectivity index (χ0v) is 11.7. The molecular weight excluding hydrogens is 270 g/mol. The Bertz CT molecular complexity index is 572. The average Bonchev–Trinajstić information content (AvgIpc) is 2.47. The number of aryl methyl sites for hydroxylation is 1. The van der Waals surface area contributed by atoms with Crippen LogP contribution < -0.4 is 10.6 Å². The number of aromatic nitrogens is 1. The van der Waals surface area contributed by atoms with Crippen molar-refractivity contribution in [2.75, 3.05) is 5.32 Å². The number of amides is 1. The molecule has 0 aliphatic carbocycles. The number of anilines is 1. The zero-order chi connectivity index (χ0) is 14.2. The second kappa shape index (κ2) is 7.35. The fourth-order valence-corrected chi connectivity index (χ4v) is 1.89. The first-order valence-corrected chi connectivity index (χ1v) is 6.70. The summed E-state index contributed by atoms with van der Waals surface area (Å²) >= 11 is 5.06. The summed E-state index contributed by atoms with van der Waals surface area (Å²) < 4.78 is 0. The van der Waals surface area contributed by atoms with Crippen LogP contribution in [0.2, 0.25) is 0 Å². The third kappa shape index (κ3) is 4.78. The number of pyridine rings is 1. The number of nitrogens with one attached hydrogen (secondary N) is 2. The van der Waals surface area contributed by atoms with Gasteiger partial charge in [-0.05, 0) is 36.3 Å². The second-order valence-corrected chi connectivity index (χ2v) is 4.61. The molecule has 0 aliphatic rings. The first-order chi connectivity index (χ1) is 9.74. The van der Waals surface area contributed by atoms with E-state index in [4.69, 9.17) is 12.2 Å². The highest BCUT2D eigenvalue weighted by Crippen LogP contribution is 2.03. The Morgan fingerprint density at radius 1 is 1.10 bits per heavy atom. The van der Waals surface area contributed by atoms with Crippen LogP contribution in [-0.4, -0.2) is 16.0 Å². The summed E-state index contributed by atoms with van der Waals surface area (Å²) in [6, 6.07) is 15.3. The molecule has 1 amide bonds. The molecule has 20 heavy (non-hydrogen) atoms. The molecule has 0 radical (unpaired) electrons. The number of hydrogen-bond donors (Lipinski definition) is 2. The molecule has 102 valence electrons. The van der Waals surface area contributed by atoms with Gasteiger partial charge >= 0.3 is 0 Å². The molecule has 0 saturated carbocycles. The van der Waals surface area contributed by atoms with Gasteiger partial charge in [0.1, 0.15) is 5.82 Å². The summed E-state index contributed by atoms with van der Waals surface area (Å²) in [7, 11) is 0. The number of nitrogens with zero attached hydrogens (tertiary/aromatic N) is 1. The van der Waals surface area contributed by atoms with Gasteiger partial charge in [-0.3, -0.25) is 4.79 Å². The van der Waals surface area contributed by atoms with Crippen molar-refractivity contribution in [2.45, 2.75) is 12.8 Å². The third-order valence-corrected chi connectivity index (χ3v) is 2.85. The standard InChI is InChI=1S/C15H15N3OS/c19-14(10-9-12-6-2-1-3-7-12)18-15(20)17-13-8-4-5-11-16-13/h1-8,11H,9-10H2,(H2,16,17,18,19,20). The Hall–Kier alpha value is -2.27. The van der Waals surface area contributed by atoms with Gasteiger partial charge in [-0.25, -0.2) is 4.98 Å². The van der Waals surface area contributed by atoms with E-state index in [1.54, 1.807) is 12.3 Å². The molecule has 0 bridgehead atoms.